The van der Waals surface area contributed by atoms with E-state index >= 15 is 0 Å². The maximum absolute atomic E-state index is 6.13. The first kappa shape index (κ1) is 12.1. The van der Waals surface area contributed by atoms with Gasteiger partial charge in [0.25, 0.3) is 0 Å². The standard InChI is InChI=1S/C15H20N4/c1-3-13-14(16)15(19(2)18-13)17-12-8-7-10-5-4-6-11(10)9-12/h7-9,17H,3-6,16H2,1-2H3. The van der Waals surface area contributed by atoms with E-state index in [1.807, 2.05) is 11.7 Å². The predicted molar refractivity (Wildman–Crippen MR) is 78.7 cm³/mol. The Balaban J connectivity index is 1.91. The van der Waals surface area contributed by atoms with E-state index in [0.29, 0.717) is 0 Å². The van der Waals surface area contributed by atoms with Gasteiger partial charge in [0, 0.05) is 12.7 Å². The molecule has 19 heavy (non-hydrogen) atoms. The summed E-state index contributed by atoms with van der Waals surface area (Å²) in [4.78, 5) is 0. The van der Waals surface area contributed by atoms with Gasteiger partial charge in [0.05, 0.1) is 11.4 Å². The second-order valence-electron chi connectivity index (χ2n) is 5.15. The number of aromatic nitrogens is 2. The Morgan fingerprint density at radius 2 is 2.11 bits per heavy atom. The summed E-state index contributed by atoms with van der Waals surface area (Å²) in [6.07, 6.45) is 4.52. The lowest BCUT2D eigenvalue weighted by Crippen LogP contribution is -2.01. The highest BCUT2D eigenvalue weighted by molar-refractivity contribution is 5.71. The zero-order chi connectivity index (χ0) is 13.4. The molecule has 1 aliphatic rings. The molecule has 4 nitrogen and oxygen atoms in total. The van der Waals surface area contributed by atoms with E-state index in [1.165, 1.54) is 30.4 Å². The van der Waals surface area contributed by atoms with Crippen molar-refractivity contribution in [2.45, 2.75) is 32.6 Å². The van der Waals surface area contributed by atoms with Crippen LogP contribution in [-0.2, 0) is 26.3 Å². The van der Waals surface area contributed by atoms with Gasteiger partial charge in [-0.25, -0.2) is 0 Å². The van der Waals surface area contributed by atoms with Crippen LogP contribution in [0.2, 0.25) is 0 Å². The molecule has 0 bridgehead atoms. The van der Waals surface area contributed by atoms with Gasteiger partial charge in [0.1, 0.15) is 0 Å². The zero-order valence-corrected chi connectivity index (χ0v) is 11.5. The van der Waals surface area contributed by atoms with Crippen LogP contribution in [0.25, 0.3) is 0 Å². The van der Waals surface area contributed by atoms with Crippen molar-refractivity contribution in [3.8, 4) is 0 Å². The largest absolute Gasteiger partial charge is 0.394 e. The quantitative estimate of drug-likeness (QED) is 0.888. The molecule has 1 aromatic heterocycles. The van der Waals surface area contributed by atoms with Crippen LogP contribution in [0.3, 0.4) is 0 Å². The number of anilines is 3. The summed E-state index contributed by atoms with van der Waals surface area (Å²) in [5, 5.41) is 7.83. The maximum atomic E-state index is 6.13. The normalized spacial score (nSPS) is 13.6. The van der Waals surface area contributed by atoms with Crippen molar-refractivity contribution >= 4 is 17.2 Å². The smallest absolute Gasteiger partial charge is 0.152 e. The summed E-state index contributed by atoms with van der Waals surface area (Å²) in [5.41, 5.74) is 11.9. The van der Waals surface area contributed by atoms with Gasteiger partial charge in [-0.15, -0.1) is 0 Å². The molecule has 0 unspecified atom stereocenters. The molecule has 0 amide bonds. The van der Waals surface area contributed by atoms with E-state index in [-0.39, 0.29) is 0 Å². The maximum Gasteiger partial charge on any atom is 0.152 e. The number of hydrogen-bond acceptors (Lipinski definition) is 3. The first-order valence-electron chi connectivity index (χ1n) is 6.89. The van der Waals surface area contributed by atoms with Gasteiger partial charge in [-0.3, -0.25) is 4.68 Å². The minimum atomic E-state index is 0.755. The average Bonchev–Trinajstić information content (AvgIpc) is 2.97. The van der Waals surface area contributed by atoms with Crippen molar-refractivity contribution in [2.24, 2.45) is 7.05 Å². The molecule has 0 aliphatic heterocycles. The fourth-order valence-corrected chi connectivity index (χ4v) is 2.79. The molecular formula is C15H20N4. The number of nitrogens with one attached hydrogen (secondary N) is 1. The summed E-state index contributed by atoms with van der Waals surface area (Å²) in [6.45, 7) is 2.07. The monoisotopic (exact) mass is 256 g/mol. The lowest BCUT2D eigenvalue weighted by atomic mass is 10.1. The van der Waals surface area contributed by atoms with Crippen molar-refractivity contribution in [2.75, 3.05) is 11.1 Å². The Bertz CT molecular complexity index is 613. The van der Waals surface area contributed by atoms with Crippen molar-refractivity contribution < 1.29 is 0 Å². The van der Waals surface area contributed by atoms with Gasteiger partial charge in [-0.1, -0.05) is 13.0 Å². The molecule has 0 saturated heterocycles. The number of nitrogen functional groups attached to an aromatic ring is 1. The summed E-state index contributed by atoms with van der Waals surface area (Å²) in [6, 6.07) is 6.58. The molecule has 2 aromatic rings. The summed E-state index contributed by atoms with van der Waals surface area (Å²) in [7, 11) is 1.92. The molecular weight excluding hydrogens is 236 g/mol. The number of nitrogens with two attached hydrogens (primary N) is 1. The van der Waals surface area contributed by atoms with Crippen molar-refractivity contribution in [1.29, 1.82) is 0 Å². The molecule has 100 valence electrons. The van der Waals surface area contributed by atoms with E-state index in [1.54, 1.807) is 0 Å². The van der Waals surface area contributed by atoms with Gasteiger partial charge in [0.15, 0.2) is 5.82 Å². The van der Waals surface area contributed by atoms with E-state index in [2.05, 4.69) is 35.5 Å². The van der Waals surface area contributed by atoms with Gasteiger partial charge in [-0.05, 0) is 48.9 Å². The van der Waals surface area contributed by atoms with Crippen LogP contribution in [0.1, 0.15) is 30.2 Å². The van der Waals surface area contributed by atoms with Crippen LogP contribution in [0.5, 0.6) is 0 Å². The topological polar surface area (TPSA) is 55.9 Å². The fraction of sp³-hybridized carbons (Fsp3) is 0.400. The first-order valence-corrected chi connectivity index (χ1v) is 6.89. The zero-order valence-electron chi connectivity index (χ0n) is 11.5. The van der Waals surface area contributed by atoms with Crippen molar-refractivity contribution in [3.05, 3.63) is 35.0 Å². The molecule has 1 aromatic carbocycles. The predicted octanol–water partition coefficient (Wildman–Crippen LogP) is 2.80. The third kappa shape index (κ3) is 2.07. The molecule has 3 N–H and O–H groups in total. The van der Waals surface area contributed by atoms with Crippen LogP contribution >= 0.6 is 0 Å². The minimum absolute atomic E-state index is 0.755. The summed E-state index contributed by atoms with van der Waals surface area (Å²) in [5.74, 6) is 0.884. The van der Waals surface area contributed by atoms with E-state index < -0.39 is 0 Å². The lowest BCUT2D eigenvalue weighted by Gasteiger charge is -2.09. The second-order valence-corrected chi connectivity index (χ2v) is 5.15. The Morgan fingerprint density at radius 1 is 1.32 bits per heavy atom. The van der Waals surface area contributed by atoms with Crippen LogP contribution in [0, 0.1) is 0 Å². The van der Waals surface area contributed by atoms with Gasteiger partial charge in [-0.2, -0.15) is 5.10 Å². The number of hydrogen-bond donors (Lipinski definition) is 2. The molecule has 0 spiro atoms. The number of fused-ring (bicyclic) bond motifs is 1. The third-order valence-electron chi connectivity index (χ3n) is 3.86. The molecule has 0 saturated carbocycles. The summed E-state index contributed by atoms with van der Waals surface area (Å²) < 4.78 is 1.82. The Hall–Kier alpha value is -1.97. The number of nitrogens with zero attached hydrogens (tertiary/aromatic N) is 2. The van der Waals surface area contributed by atoms with E-state index in [9.17, 15) is 0 Å². The average molecular weight is 256 g/mol. The Morgan fingerprint density at radius 3 is 2.84 bits per heavy atom. The Kier molecular flexibility index (Phi) is 2.93. The molecule has 0 fully saturated rings. The van der Waals surface area contributed by atoms with Gasteiger partial charge < -0.3 is 11.1 Å². The molecule has 0 atom stereocenters. The number of benzene rings is 1. The number of aryl methyl sites for hydroxylation is 4. The highest BCUT2D eigenvalue weighted by Gasteiger charge is 2.14. The van der Waals surface area contributed by atoms with Crippen LogP contribution in [-0.4, -0.2) is 9.78 Å². The van der Waals surface area contributed by atoms with Crippen molar-refractivity contribution in [3.63, 3.8) is 0 Å². The van der Waals surface area contributed by atoms with Crippen LogP contribution < -0.4 is 11.1 Å². The van der Waals surface area contributed by atoms with Crippen molar-refractivity contribution in [1.82, 2.24) is 9.78 Å². The second kappa shape index (κ2) is 4.61. The first-order chi connectivity index (χ1) is 9.19. The van der Waals surface area contributed by atoms with E-state index in [4.69, 9.17) is 5.73 Å². The third-order valence-corrected chi connectivity index (χ3v) is 3.86. The highest BCUT2D eigenvalue weighted by atomic mass is 15.3. The molecule has 1 heterocycles. The minimum Gasteiger partial charge on any atom is -0.394 e. The summed E-state index contributed by atoms with van der Waals surface area (Å²) >= 11 is 0. The molecule has 3 rings (SSSR count). The van der Waals surface area contributed by atoms with Crippen LogP contribution in [0.15, 0.2) is 18.2 Å². The number of rotatable bonds is 3. The van der Waals surface area contributed by atoms with Gasteiger partial charge in [0.2, 0.25) is 0 Å². The lowest BCUT2D eigenvalue weighted by molar-refractivity contribution is 0.753. The SMILES string of the molecule is CCc1nn(C)c(Nc2ccc3c(c2)CCC3)c1N. The molecule has 1 aliphatic carbocycles. The van der Waals surface area contributed by atoms with Gasteiger partial charge >= 0.3 is 0 Å². The molecule has 0 radical (unpaired) electrons. The highest BCUT2D eigenvalue weighted by Crippen LogP contribution is 2.29. The fourth-order valence-electron chi connectivity index (χ4n) is 2.79. The molecule has 4 heteroatoms. The van der Waals surface area contributed by atoms with E-state index in [0.717, 1.165) is 29.3 Å². The van der Waals surface area contributed by atoms with Crippen LogP contribution in [0.4, 0.5) is 17.2 Å². The Labute approximate surface area is 113 Å².